The van der Waals surface area contributed by atoms with E-state index in [-0.39, 0.29) is 23.6 Å². The van der Waals surface area contributed by atoms with E-state index >= 15 is 0 Å². The van der Waals surface area contributed by atoms with E-state index in [0.717, 1.165) is 10.0 Å². The molecule has 0 bridgehead atoms. The summed E-state index contributed by atoms with van der Waals surface area (Å²) in [4.78, 5) is 12.3. The fraction of sp³-hybridized carbons (Fsp3) is 0.611. The molecule has 0 aliphatic carbocycles. The molecule has 0 radical (unpaired) electrons. The minimum Gasteiger partial charge on any atom is -0.353 e. The van der Waals surface area contributed by atoms with Crippen molar-refractivity contribution in [3.63, 3.8) is 0 Å². The van der Waals surface area contributed by atoms with E-state index in [2.05, 4.69) is 35.1 Å². The molecular weight excluding hydrogens is 404 g/mol. The Bertz CT molecular complexity index is 681. The van der Waals surface area contributed by atoms with Crippen LogP contribution in [0.5, 0.6) is 0 Å². The third-order valence-electron chi connectivity index (χ3n) is 4.85. The van der Waals surface area contributed by atoms with Crippen molar-refractivity contribution in [1.29, 1.82) is 0 Å². The van der Waals surface area contributed by atoms with Crippen LogP contribution in [0.3, 0.4) is 0 Å². The summed E-state index contributed by atoms with van der Waals surface area (Å²) >= 11 is 3.35. The molecule has 1 heterocycles. The van der Waals surface area contributed by atoms with Crippen molar-refractivity contribution >= 4 is 31.9 Å². The summed E-state index contributed by atoms with van der Waals surface area (Å²) in [5.41, 5.74) is 0.772. The van der Waals surface area contributed by atoms with Gasteiger partial charge in [-0.1, -0.05) is 41.9 Å². The Hall–Kier alpha value is -0.920. The Morgan fingerprint density at radius 1 is 1.20 bits per heavy atom. The smallest absolute Gasteiger partial charge is 0.223 e. The van der Waals surface area contributed by atoms with Crippen LogP contribution in [0, 0.1) is 11.8 Å². The molecule has 1 N–H and O–H groups in total. The first kappa shape index (κ1) is 20.4. The van der Waals surface area contributed by atoms with Crippen LogP contribution in [0.2, 0.25) is 0 Å². The predicted molar refractivity (Wildman–Crippen MR) is 104 cm³/mol. The monoisotopic (exact) mass is 430 g/mol. The second-order valence-electron chi connectivity index (χ2n) is 7.10. The van der Waals surface area contributed by atoms with Gasteiger partial charge < -0.3 is 5.32 Å². The van der Waals surface area contributed by atoms with E-state index in [1.54, 1.807) is 0 Å². The number of piperidine rings is 1. The summed E-state index contributed by atoms with van der Waals surface area (Å²) in [5, 5.41) is 3.04. The first-order valence-corrected chi connectivity index (χ1v) is 11.1. The van der Waals surface area contributed by atoms with Crippen LogP contribution in [0.15, 0.2) is 28.7 Å². The van der Waals surface area contributed by atoms with Crippen molar-refractivity contribution in [2.45, 2.75) is 45.4 Å². The van der Waals surface area contributed by atoms with Crippen molar-refractivity contribution in [2.24, 2.45) is 11.8 Å². The second kappa shape index (κ2) is 8.64. The van der Waals surface area contributed by atoms with Crippen LogP contribution in [0.25, 0.3) is 0 Å². The highest BCUT2D eigenvalue weighted by atomic mass is 79.9. The number of hydrogen-bond acceptors (Lipinski definition) is 3. The lowest BCUT2D eigenvalue weighted by molar-refractivity contribution is -0.127. The van der Waals surface area contributed by atoms with Gasteiger partial charge in [-0.15, -0.1) is 0 Å². The van der Waals surface area contributed by atoms with Crippen LogP contribution in [0.1, 0.15) is 39.2 Å². The molecule has 1 fully saturated rings. The number of carbonyl (C=O) groups is 1. The Morgan fingerprint density at radius 2 is 1.76 bits per heavy atom. The Kier molecular flexibility index (Phi) is 7.05. The number of carbonyl (C=O) groups excluding carboxylic acids is 1. The topological polar surface area (TPSA) is 66.5 Å². The van der Waals surface area contributed by atoms with E-state index in [1.165, 1.54) is 4.31 Å². The maximum absolute atomic E-state index is 12.6. The van der Waals surface area contributed by atoms with Crippen LogP contribution in [-0.2, 0) is 20.6 Å². The highest BCUT2D eigenvalue weighted by Gasteiger charge is 2.31. The first-order valence-electron chi connectivity index (χ1n) is 8.71. The van der Waals surface area contributed by atoms with Crippen molar-refractivity contribution < 1.29 is 13.2 Å². The molecular formula is C18H27BrN2O3S. The van der Waals surface area contributed by atoms with E-state index in [4.69, 9.17) is 0 Å². The molecule has 0 saturated carbocycles. The number of rotatable bonds is 6. The summed E-state index contributed by atoms with van der Waals surface area (Å²) < 4.78 is 27.6. The fourth-order valence-corrected chi connectivity index (χ4v) is 4.62. The van der Waals surface area contributed by atoms with E-state index in [1.807, 2.05) is 31.2 Å². The van der Waals surface area contributed by atoms with Gasteiger partial charge in [0.05, 0.1) is 5.75 Å². The van der Waals surface area contributed by atoms with E-state index in [0.29, 0.717) is 31.8 Å². The molecule has 25 heavy (non-hydrogen) atoms. The van der Waals surface area contributed by atoms with Gasteiger partial charge in [0.1, 0.15) is 0 Å². The Morgan fingerprint density at radius 3 is 2.28 bits per heavy atom. The number of benzene rings is 1. The van der Waals surface area contributed by atoms with Crippen LogP contribution in [0.4, 0.5) is 0 Å². The van der Waals surface area contributed by atoms with Gasteiger partial charge >= 0.3 is 0 Å². The lowest BCUT2D eigenvalue weighted by Crippen LogP contribution is -2.46. The summed E-state index contributed by atoms with van der Waals surface area (Å²) in [6.45, 7) is 6.96. The van der Waals surface area contributed by atoms with Gasteiger partial charge in [0.2, 0.25) is 15.9 Å². The average molecular weight is 431 g/mol. The summed E-state index contributed by atoms with van der Waals surface area (Å²) in [6.07, 6.45) is 1.16. The number of halogens is 1. The summed E-state index contributed by atoms with van der Waals surface area (Å²) in [6, 6.07) is 7.45. The molecule has 1 amide bonds. The molecule has 2 rings (SSSR count). The molecule has 1 saturated heterocycles. The maximum Gasteiger partial charge on any atom is 0.223 e. The number of sulfonamides is 1. The lowest BCUT2D eigenvalue weighted by Gasteiger charge is -2.31. The normalized spacial score (nSPS) is 18.3. The minimum absolute atomic E-state index is 0.00151. The van der Waals surface area contributed by atoms with Gasteiger partial charge in [0.15, 0.2) is 0 Å². The highest BCUT2D eigenvalue weighted by Crippen LogP contribution is 2.22. The molecule has 7 heteroatoms. The van der Waals surface area contributed by atoms with Crippen LogP contribution in [-0.4, -0.2) is 37.8 Å². The molecule has 1 unspecified atom stereocenters. The molecule has 140 valence electrons. The van der Waals surface area contributed by atoms with Crippen LogP contribution < -0.4 is 5.32 Å². The Balaban J connectivity index is 1.90. The fourth-order valence-electron chi connectivity index (χ4n) is 2.79. The average Bonchev–Trinajstić information content (AvgIpc) is 2.56. The van der Waals surface area contributed by atoms with Gasteiger partial charge in [0.25, 0.3) is 0 Å². The molecule has 0 aromatic heterocycles. The summed E-state index contributed by atoms with van der Waals surface area (Å²) in [7, 11) is -3.35. The van der Waals surface area contributed by atoms with Gasteiger partial charge in [-0.2, -0.15) is 0 Å². The van der Waals surface area contributed by atoms with Crippen molar-refractivity contribution in [3.05, 3.63) is 34.3 Å². The molecule has 1 aliphatic rings. The van der Waals surface area contributed by atoms with Crippen molar-refractivity contribution in [2.75, 3.05) is 13.1 Å². The molecule has 5 nitrogen and oxygen atoms in total. The predicted octanol–water partition coefficient (Wildman–Crippen LogP) is 3.15. The Labute approximate surface area is 159 Å². The van der Waals surface area contributed by atoms with Crippen LogP contribution >= 0.6 is 15.9 Å². The third-order valence-corrected chi connectivity index (χ3v) is 7.23. The second-order valence-corrected chi connectivity index (χ2v) is 9.98. The van der Waals surface area contributed by atoms with Gasteiger partial charge in [-0.3, -0.25) is 4.79 Å². The zero-order chi connectivity index (χ0) is 18.6. The molecule has 0 spiro atoms. The third kappa shape index (κ3) is 5.79. The maximum atomic E-state index is 12.6. The van der Waals surface area contributed by atoms with Gasteiger partial charge in [0, 0.05) is 29.5 Å². The quantitative estimate of drug-likeness (QED) is 0.753. The zero-order valence-electron chi connectivity index (χ0n) is 15.0. The molecule has 1 atom stereocenters. The number of amides is 1. The number of nitrogens with zero attached hydrogens (tertiary/aromatic N) is 1. The largest absolute Gasteiger partial charge is 0.353 e. The van der Waals surface area contributed by atoms with E-state index < -0.39 is 10.0 Å². The summed E-state index contributed by atoms with van der Waals surface area (Å²) in [5.74, 6) is 0.337. The molecule has 1 aliphatic heterocycles. The highest BCUT2D eigenvalue weighted by molar-refractivity contribution is 9.10. The molecule has 1 aromatic rings. The van der Waals surface area contributed by atoms with Gasteiger partial charge in [-0.05, 0) is 43.4 Å². The standard InChI is InChI=1S/C18H27BrN2O3S/c1-13(2)14(3)20-18(22)16-8-10-21(11-9-16)25(23,24)12-15-4-6-17(19)7-5-15/h4-7,13-14,16H,8-12H2,1-3H3,(H,20,22). The SMILES string of the molecule is CC(C)C(C)NC(=O)C1CCN(S(=O)(=O)Cc2ccc(Br)cc2)CC1. The number of nitrogens with one attached hydrogen (secondary N) is 1. The first-order chi connectivity index (χ1) is 11.7. The minimum atomic E-state index is -3.35. The van der Waals surface area contributed by atoms with Crippen molar-refractivity contribution in [3.8, 4) is 0 Å². The lowest BCUT2D eigenvalue weighted by atomic mass is 9.96. The van der Waals surface area contributed by atoms with Crippen molar-refractivity contribution in [1.82, 2.24) is 9.62 Å². The van der Waals surface area contributed by atoms with Gasteiger partial charge in [-0.25, -0.2) is 12.7 Å². The zero-order valence-corrected chi connectivity index (χ0v) is 17.4. The van der Waals surface area contributed by atoms with E-state index in [9.17, 15) is 13.2 Å². The number of hydrogen-bond donors (Lipinski definition) is 1. The molecule has 1 aromatic carbocycles.